The summed E-state index contributed by atoms with van der Waals surface area (Å²) in [4.78, 5) is 10.6. The molecule has 130 valence electrons. The van der Waals surface area contributed by atoms with Gasteiger partial charge in [0.05, 0.1) is 12.1 Å². The van der Waals surface area contributed by atoms with E-state index in [-0.39, 0.29) is 29.6 Å². The molecular formula is C21H27NaO3. The van der Waals surface area contributed by atoms with Crippen LogP contribution in [-0.2, 0) is 11.2 Å². The van der Waals surface area contributed by atoms with E-state index >= 15 is 0 Å². The monoisotopic (exact) mass is 350 g/mol. The maximum atomic E-state index is 10.6. The molecule has 1 saturated carbocycles. The molecule has 0 spiro atoms. The van der Waals surface area contributed by atoms with Crippen LogP contribution in [0.15, 0.2) is 54.1 Å². The number of aliphatic carboxylic acids is 1. The van der Waals surface area contributed by atoms with Gasteiger partial charge in [0.2, 0.25) is 0 Å². The van der Waals surface area contributed by atoms with Crippen molar-refractivity contribution in [2.24, 2.45) is 5.92 Å². The first kappa shape index (κ1) is 22.2. The van der Waals surface area contributed by atoms with E-state index in [4.69, 9.17) is 0 Å². The van der Waals surface area contributed by atoms with Crippen molar-refractivity contribution in [2.45, 2.75) is 57.5 Å². The molecule has 2 rings (SSSR count). The summed E-state index contributed by atoms with van der Waals surface area (Å²) < 4.78 is 0. The van der Waals surface area contributed by atoms with Crippen LogP contribution >= 0.6 is 0 Å². The molecule has 0 aliphatic heterocycles. The number of hydrogen-bond acceptors (Lipinski definition) is 3. The molecule has 1 aromatic carbocycles. The second-order valence-corrected chi connectivity index (χ2v) is 6.66. The van der Waals surface area contributed by atoms with Crippen molar-refractivity contribution >= 4 is 5.97 Å². The number of carboxylic acid groups (broad SMARTS) is 1. The predicted molar refractivity (Wildman–Crippen MR) is 94.2 cm³/mol. The molecule has 2 atom stereocenters. The topological polar surface area (TPSA) is 60.4 Å². The number of rotatable bonds is 8. The third-order valence-corrected chi connectivity index (χ3v) is 4.58. The van der Waals surface area contributed by atoms with Crippen LogP contribution in [-0.4, -0.2) is 17.2 Å². The van der Waals surface area contributed by atoms with Gasteiger partial charge in [0.15, 0.2) is 0 Å². The van der Waals surface area contributed by atoms with Gasteiger partial charge in [-0.25, -0.2) is 0 Å². The van der Waals surface area contributed by atoms with Crippen molar-refractivity contribution < 1.29 is 44.6 Å². The Balaban J connectivity index is 0.00000312. The van der Waals surface area contributed by atoms with Gasteiger partial charge in [0, 0.05) is 0 Å². The summed E-state index contributed by atoms with van der Waals surface area (Å²) in [6.07, 6.45) is 12.4. The summed E-state index contributed by atoms with van der Waals surface area (Å²) in [5.41, 5.74) is 2.30. The number of carboxylic acids is 1. The Labute approximate surface area is 173 Å². The molecule has 1 aliphatic carbocycles. The van der Waals surface area contributed by atoms with Gasteiger partial charge < -0.3 is 15.0 Å². The van der Waals surface area contributed by atoms with Crippen LogP contribution in [0, 0.1) is 5.92 Å². The third-order valence-electron chi connectivity index (χ3n) is 4.58. The summed E-state index contributed by atoms with van der Waals surface area (Å²) in [5.74, 6) is -0.767. The largest absolute Gasteiger partial charge is 1.00 e. The van der Waals surface area contributed by atoms with Crippen LogP contribution in [0.3, 0.4) is 0 Å². The van der Waals surface area contributed by atoms with E-state index in [0.29, 0.717) is 5.92 Å². The summed E-state index contributed by atoms with van der Waals surface area (Å²) in [5, 5.41) is 20.7. The minimum Gasteiger partial charge on any atom is -0.545 e. The normalized spacial score (nSPS) is 20.4. The quantitative estimate of drug-likeness (QED) is 0.315. The number of allylic oxidation sites excluding steroid dienone is 2. The van der Waals surface area contributed by atoms with Gasteiger partial charge in [-0.05, 0) is 62.5 Å². The molecule has 0 bridgehead atoms. The number of carbonyl (C=O) groups is 1. The predicted octanol–water partition coefficient (Wildman–Crippen LogP) is 0.187. The van der Waals surface area contributed by atoms with Crippen LogP contribution in [0.25, 0.3) is 0 Å². The molecule has 0 heterocycles. The molecule has 0 saturated heterocycles. The molecule has 0 aromatic heterocycles. The molecule has 0 amide bonds. The van der Waals surface area contributed by atoms with Crippen molar-refractivity contribution in [1.82, 2.24) is 0 Å². The Morgan fingerprint density at radius 1 is 1.28 bits per heavy atom. The van der Waals surface area contributed by atoms with Crippen molar-refractivity contribution in [3.8, 4) is 0 Å². The Morgan fingerprint density at radius 3 is 2.76 bits per heavy atom. The number of aryl methyl sites for hydroxylation is 1. The second-order valence-electron chi connectivity index (χ2n) is 6.66. The minimum atomic E-state index is -1.10. The number of unbranched alkanes of at least 4 members (excludes halogenated alkanes) is 1. The molecule has 1 aromatic rings. The molecule has 0 radical (unpaired) electrons. The van der Waals surface area contributed by atoms with Crippen molar-refractivity contribution in [2.75, 3.05) is 0 Å². The van der Waals surface area contributed by atoms with Gasteiger partial charge in [-0.3, -0.25) is 0 Å². The van der Waals surface area contributed by atoms with Gasteiger partial charge in [-0.15, -0.1) is 0 Å². The van der Waals surface area contributed by atoms with Gasteiger partial charge in [0.25, 0.3) is 0 Å². The zero-order valence-corrected chi connectivity index (χ0v) is 17.2. The van der Waals surface area contributed by atoms with E-state index < -0.39 is 12.1 Å². The Kier molecular flexibility index (Phi) is 11.1. The van der Waals surface area contributed by atoms with E-state index in [1.165, 1.54) is 11.6 Å². The summed E-state index contributed by atoms with van der Waals surface area (Å²) in [6, 6.07) is 10.4. The van der Waals surface area contributed by atoms with Gasteiger partial charge in [-0.1, -0.05) is 54.5 Å². The molecule has 3 nitrogen and oxygen atoms in total. The van der Waals surface area contributed by atoms with Crippen LogP contribution < -0.4 is 34.7 Å². The average Bonchev–Trinajstić information content (AvgIpc) is 2.58. The fourth-order valence-corrected chi connectivity index (χ4v) is 3.30. The molecule has 1 aliphatic rings. The average molecular weight is 350 g/mol. The number of carbonyl (C=O) groups excluding carboxylic acids is 1. The van der Waals surface area contributed by atoms with Gasteiger partial charge in [-0.2, -0.15) is 0 Å². The molecule has 1 unspecified atom stereocenters. The van der Waals surface area contributed by atoms with Crippen molar-refractivity contribution in [3.63, 3.8) is 0 Å². The zero-order valence-electron chi connectivity index (χ0n) is 15.2. The molecule has 4 heteroatoms. The first-order chi connectivity index (χ1) is 11.6. The number of aliphatic hydroxyl groups excluding tert-OH is 1. The van der Waals surface area contributed by atoms with Crippen LogP contribution in [0.4, 0.5) is 0 Å². The Bertz CT molecular complexity index is 566. The summed E-state index contributed by atoms with van der Waals surface area (Å²) in [6.45, 7) is 0. The summed E-state index contributed by atoms with van der Waals surface area (Å²) in [7, 11) is 0. The first-order valence-electron chi connectivity index (χ1n) is 8.94. The summed E-state index contributed by atoms with van der Waals surface area (Å²) >= 11 is 0. The number of aliphatic hydroxyl groups is 1. The number of hydrogen-bond donors (Lipinski definition) is 1. The SMILES string of the molecule is O=C([O-])/C=C1\CCC[C@H](/C=C\C(O)CCCCc2ccccc2)C1.[Na+]. The van der Waals surface area contributed by atoms with E-state index in [1.54, 1.807) is 0 Å². The van der Waals surface area contributed by atoms with Gasteiger partial charge >= 0.3 is 29.6 Å². The smallest absolute Gasteiger partial charge is 0.545 e. The molecule has 1 fully saturated rings. The molecule has 25 heavy (non-hydrogen) atoms. The molecule has 1 N–H and O–H groups in total. The molecular weight excluding hydrogens is 323 g/mol. The van der Waals surface area contributed by atoms with E-state index in [9.17, 15) is 15.0 Å². The van der Waals surface area contributed by atoms with Gasteiger partial charge in [0.1, 0.15) is 0 Å². The fraction of sp³-hybridized carbons (Fsp3) is 0.476. The van der Waals surface area contributed by atoms with Crippen LogP contribution in [0.1, 0.15) is 50.5 Å². The van der Waals surface area contributed by atoms with Crippen LogP contribution in [0.2, 0.25) is 0 Å². The van der Waals surface area contributed by atoms with E-state index in [1.807, 2.05) is 12.1 Å². The van der Waals surface area contributed by atoms with E-state index in [0.717, 1.165) is 56.9 Å². The van der Waals surface area contributed by atoms with Crippen LogP contribution in [0.5, 0.6) is 0 Å². The maximum Gasteiger partial charge on any atom is 1.00 e. The van der Waals surface area contributed by atoms with E-state index in [2.05, 4.69) is 30.3 Å². The first-order valence-corrected chi connectivity index (χ1v) is 8.94. The van der Waals surface area contributed by atoms with Crippen molar-refractivity contribution in [3.05, 3.63) is 59.7 Å². The Hall–Kier alpha value is -0.870. The zero-order chi connectivity index (χ0) is 17.2. The standard InChI is InChI=1S/C21H28O3.Na/c22-20(12-5-4-9-17-7-2-1-3-8-17)14-13-18-10-6-11-19(15-18)16-21(23)24;/h1-3,7-8,13-14,16,18,20,22H,4-6,9-12,15H2,(H,23,24);/q;+1/p-1/b14-13-,19-16+;/t18-,20?;/m1./s1. The Morgan fingerprint density at radius 2 is 2.04 bits per heavy atom. The maximum absolute atomic E-state index is 10.6. The number of benzene rings is 1. The fourth-order valence-electron chi connectivity index (χ4n) is 3.30. The second kappa shape index (κ2) is 12.5. The minimum absolute atomic E-state index is 0. The third kappa shape index (κ3) is 9.41. The van der Waals surface area contributed by atoms with Crippen molar-refractivity contribution in [1.29, 1.82) is 0 Å².